The van der Waals surface area contributed by atoms with E-state index in [1.807, 2.05) is 30.3 Å². The van der Waals surface area contributed by atoms with Crippen LogP contribution in [-0.2, 0) is 36.2 Å². The van der Waals surface area contributed by atoms with Gasteiger partial charge in [-0.05, 0) is 69.1 Å². The molecule has 11 heteroatoms. The molecule has 2 aliphatic heterocycles. The Morgan fingerprint density at radius 1 is 1.21 bits per heavy atom. The fraction of sp³-hybridized carbons (Fsp3) is 0.481. The number of hydrogen-bond acceptors (Lipinski definition) is 7. The van der Waals surface area contributed by atoms with Crippen molar-refractivity contribution in [2.75, 3.05) is 30.9 Å². The Kier molecular flexibility index (Phi) is 7.94. The Labute approximate surface area is 222 Å². The second kappa shape index (κ2) is 10.7. The number of ether oxygens (including phenoxy) is 1. The summed E-state index contributed by atoms with van der Waals surface area (Å²) in [6, 6.07) is 12.1. The van der Waals surface area contributed by atoms with E-state index in [4.69, 9.17) is 10.5 Å². The summed E-state index contributed by atoms with van der Waals surface area (Å²) in [5.74, 6) is -1.76. The Morgan fingerprint density at radius 2 is 1.87 bits per heavy atom. The van der Waals surface area contributed by atoms with Crippen LogP contribution in [-0.4, -0.2) is 63.1 Å². The van der Waals surface area contributed by atoms with Gasteiger partial charge in [-0.3, -0.25) is 14.5 Å². The number of amides is 2. The molecule has 2 atom stereocenters. The number of nitrogens with one attached hydrogen (secondary N) is 2. The van der Waals surface area contributed by atoms with Crippen LogP contribution in [0.5, 0.6) is 0 Å². The molecule has 2 heterocycles. The van der Waals surface area contributed by atoms with E-state index in [2.05, 4.69) is 10.6 Å². The smallest absolute Gasteiger partial charge is 0.253 e. The molecule has 206 valence electrons. The summed E-state index contributed by atoms with van der Waals surface area (Å²) in [7, 11) is -3.86. The van der Waals surface area contributed by atoms with E-state index in [1.165, 1.54) is 36.9 Å². The molecule has 1 fully saturated rings. The van der Waals surface area contributed by atoms with Crippen molar-refractivity contribution < 1.29 is 27.1 Å². The number of rotatable bonds is 8. The third-order valence-corrected chi connectivity index (χ3v) is 8.66. The summed E-state index contributed by atoms with van der Waals surface area (Å²) >= 11 is 0. The molecule has 1 saturated heterocycles. The number of carbonyl (C=O) groups excluding carboxylic acids is 2. The summed E-state index contributed by atoms with van der Waals surface area (Å²) in [4.78, 5) is 28.3. The molecule has 9 nitrogen and oxygen atoms in total. The fourth-order valence-corrected chi connectivity index (χ4v) is 7.19. The highest BCUT2D eigenvalue weighted by atomic mass is 32.2. The molecule has 0 radical (unpaired) electrons. The lowest BCUT2D eigenvalue weighted by atomic mass is 9.74. The number of anilines is 1. The monoisotopic (exact) mass is 546 g/mol. The van der Waals surface area contributed by atoms with E-state index in [0.29, 0.717) is 37.2 Å². The SMILES string of the molecule is CC(C)(N)C(=O)NC(COCc1ccccc1)C(=O)N1c2ccc(F)cc2C2(CCNCC2)[C@H]1S(C)(=O)=O. The van der Waals surface area contributed by atoms with Gasteiger partial charge in [0.1, 0.15) is 17.2 Å². The van der Waals surface area contributed by atoms with Gasteiger partial charge in [-0.2, -0.15) is 0 Å². The Morgan fingerprint density at radius 3 is 2.47 bits per heavy atom. The van der Waals surface area contributed by atoms with Crippen molar-refractivity contribution in [3.8, 4) is 0 Å². The van der Waals surface area contributed by atoms with Crippen molar-refractivity contribution in [2.24, 2.45) is 5.73 Å². The predicted octanol–water partition coefficient (Wildman–Crippen LogP) is 1.60. The highest BCUT2D eigenvalue weighted by molar-refractivity contribution is 7.91. The van der Waals surface area contributed by atoms with Crippen LogP contribution in [0.15, 0.2) is 48.5 Å². The highest BCUT2D eigenvalue weighted by Gasteiger charge is 2.58. The summed E-state index contributed by atoms with van der Waals surface area (Å²) < 4.78 is 47.0. The minimum absolute atomic E-state index is 0.180. The van der Waals surface area contributed by atoms with Crippen molar-refractivity contribution >= 4 is 27.3 Å². The maximum absolute atomic E-state index is 14.5. The molecular formula is C27H35FN4O5S. The van der Waals surface area contributed by atoms with Gasteiger partial charge in [0.15, 0.2) is 9.84 Å². The van der Waals surface area contributed by atoms with Gasteiger partial charge in [0, 0.05) is 17.4 Å². The van der Waals surface area contributed by atoms with E-state index >= 15 is 0 Å². The molecule has 1 spiro atoms. The van der Waals surface area contributed by atoms with E-state index in [-0.39, 0.29) is 13.2 Å². The van der Waals surface area contributed by atoms with E-state index in [1.54, 1.807) is 0 Å². The van der Waals surface area contributed by atoms with Crippen molar-refractivity contribution in [1.29, 1.82) is 0 Å². The van der Waals surface area contributed by atoms with E-state index in [0.717, 1.165) is 11.8 Å². The summed E-state index contributed by atoms with van der Waals surface area (Å²) in [6.07, 6.45) is 1.90. The molecule has 4 rings (SSSR count). The van der Waals surface area contributed by atoms with E-state index < -0.39 is 49.8 Å². The number of carbonyl (C=O) groups is 2. The number of sulfone groups is 1. The topological polar surface area (TPSA) is 131 Å². The number of benzene rings is 2. The van der Waals surface area contributed by atoms with Crippen LogP contribution >= 0.6 is 0 Å². The summed E-state index contributed by atoms with van der Waals surface area (Å²) in [5.41, 5.74) is 5.37. The second-order valence-corrected chi connectivity index (χ2v) is 12.8. The molecule has 0 aromatic heterocycles. The van der Waals surface area contributed by atoms with Crippen molar-refractivity contribution in [2.45, 2.75) is 55.7 Å². The lowest BCUT2D eigenvalue weighted by Crippen LogP contribution is -2.61. The molecule has 2 aliphatic rings. The van der Waals surface area contributed by atoms with Gasteiger partial charge in [-0.25, -0.2) is 12.8 Å². The lowest BCUT2D eigenvalue weighted by molar-refractivity contribution is -0.131. The van der Waals surface area contributed by atoms with Gasteiger partial charge in [0.05, 0.1) is 18.8 Å². The van der Waals surface area contributed by atoms with Gasteiger partial charge in [-0.15, -0.1) is 0 Å². The number of fused-ring (bicyclic) bond motifs is 2. The Hall–Kier alpha value is -2.86. The standard InChI is InChI=1S/C27H35FN4O5S/c1-26(2,29)24(34)31-21(17-37-16-18-7-5-4-6-8-18)23(33)32-22-10-9-19(28)15-20(22)27(11-13-30-14-12-27)25(32)38(3,35)36/h4-10,15,21,25,30H,11-14,16-17,29H2,1-3H3,(H,31,34)/t21?,25-/m1/s1. The Balaban J connectivity index is 1.74. The minimum Gasteiger partial charge on any atom is -0.374 e. The molecule has 1 unspecified atom stereocenters. The van der Waals surface area contributed by atoms with Crippen LogP contribution in [0.3, 0.4) is 0 Å². The first-order valence-corrected chi connectivity index (χ1v) is 14.5. The van der Waals surface area contributed by atoms with Crippen molar-refractivity contribution in [3.05, 3.63) is 65.5 Å². The number of piperidine rings is 1. The Bertz CT molecular complexity index is 1290. The molecule has 0 aliphatic carbocycles. The third kappa shape index (κ3) is 5.61. The molecule has 38 heavy (non-hydrogen) atoms. The zero-order valence-corrected chi connectivity index (χ0v) is 22.7. The first-order valence-electron chi connectivity index (χ1n) is 12.6. The lowest BCUT2D eigenvalue weighted by Gasteiger charge is -2.41. The zero-order valence-electron chi connectivity index (χ0n) is 21.9. The molecule has 2 aromatic carbocycles. The number of hydrogen-bond donors (Lipinski definition) is 3. The molecule has 2 aromatic rings. The first kappa shape index (κ1) is 28.2. The predicted molar refractivity (Wildman–Crippen MR) is 143 cm³/mol. The molecular weight excluding hydrogens is 511 g/mol. The summed E-state index contributed by atoms with van der Waals surface area (Å²) in [5, 5.41) is 4.62. The van der Waals surface area contributed by atoms with Gasteiger partial charge in [0.25, 0.3) is 5.91 Å². The average molecular weight is 547 g/mol. The van der Waals surface area contributed by atoms with Crippen LogP contribution in [0, 0.1) is 5.82 Å². The van der Waals surface area contributed by atoms with Gasteiger partial charge in [-0.1, -0.05) is 30.3 Å². The van der Waals surface area contributed by atoms with Crippen LogP contribution in [0.1, 0.15) is 37.8 Å². The van der Waals surface area contributed by atoms with Crippen LogP contribution in [0.25, 0.3) is 0 Å². The number of nitrogens with two attached hydrogens (primary N) is 1. The number of halogens is 1. The maximum atomic E-state index is 14.5. The first-order chi connectivity index (χ1) is 17.8. The maximum Gasteiger partial charge on any atom is 0.253 e. The largest absolute Gasteiger partial charge is 0.374 e. The zero-order chi connectivity index (χ0) is 27.7. The third-order valence-electron chi connectivity index (χ3n) is 7.19. The van der Waals surface area contributed by atoms with Gasteiger partial charge in [0.2, 0.25) is 5.91 Å². The summed E-state index contributed by atoms with van der Waals surface area (Å²) in [6.45, 7) is 4.02. The molecule has 4 N–H and O–H groups in total. The van der Waals surface area contributed by atoms with Crippen molar-refractivity contribution in [1.82, 2.24) is 10.6 Å². The van der Waals surface area contributed by atoms with Gasteiger partial charge >= 0.3 is 0 Å². The minimum atomic E-state index is -3.86. The number of nitrogens with zero attached hydrogens (tertiary/aromatic N) is 1. The molecule has 0 saturated carbocycles. The fourth-order valence-electron chi connectivity index (χ4n) is 5.40. The normalized spacial score (nSPS) is 19.7. The van der Waals surface area contributed by atoms with E-state index in [9.17, 15) is 22.4 Å². The van der Waals surface area contributed by atoms with Crippen molar-refractivity contribution in [3.63, 3.8) is 0 Å². The second-order valence-electron chi connectivity index (χ2n) is 10.7. The van der Waals surface area contributed by atoms with Crippen LogP contribution < -0.4 is 21.3 Å². The van der Waals surface area contributed by atoms with Crippen LogP contribution in [0.2, 0.25) is 0 Å². The molecule has 2 amide bonds. The quantitative estimate of drug-likeness (QED) is 0.459. The molecule has 0 bridgehead atoms. The van der Waals surface area contributed by atoms with Crippen LogP contribution in [0.4, 0.5) is 10.1 Å². The highest BCUT2D eigenvalue weighted by Crippen LogP contribution is 2.52. The van der Waals surface area contributed by atoms with Gasteiger partial charge < -0.3 is 21.1 Å². The average Bonchev–Trinajstić information content (AvgIpc) is 3.12.